The van der Waals surface area contributed by atoms with E-state index in [0.29, 0.717) is 0 Å². The van der Waals surface area contributed by atoms with Crippen molar-refractivity contribution < 1.29 is 4.74 Å². The van der Waals surface area contributed by atoms with Crippen molar-refractivity contribution in [2.45, 2.75) is 23.2 Å². The minimum Gasteiger partial charge on any atom is -0.496 e. The molecule has 29 heavy (non-hydrogen) atoms. The molecule has 0 aliphatic carbocycles. The number of hydrogen-bond acceptors (Lipinski definition) is 4. The van der Waals surface area contributed by atoms with E-state index >= 15 is 0 Å². The first kappa shape index (κ1) is 18.3. The van der Waals surface area contributed by atoms with Crippen LogP contribution >= 0.6 is 11.8 Å². The summed E-state index contributed by atoms with van der Waals surface area (Å²) in [6.07, 6.45) is 2.88. The molecule has 0 radical (unpaired) electrons. The van der Waals surface area contributed by atoms with Gasteiger partial charge in [-0.05, 0) is 47.9 Å². The van der Waals surface area contributed by atoms with Crippen molar-refractivity contribution in [2.75, 3.05) is 13.7 Å². The lowest BCUT2D eigenvalue weighted by Crippen LogP contribution is -2.30. The Kier molecular flexibility index (Phi) is 5.00. The summed E-state index contributed by atoms with van der Waals surface area (Å²) in [5.74, 6) is 1.74. The van der Waals surface area contributed by atoms with Crippen molar-refractivity contribution in [1.29, 1.82) is 0 Å². The van der Waals surface area contributed by atoms with Gasteiger partial charge in [-0.1, -0.05) is 30.3 Å². The number of nitrogens with one attached hydrogen (secondary N) is 2. The average Bonchev–Trinajstić information content (AvgIpc) is 3.17. The normalized spacial score (nSPS) is 16.0. The smallest absolute Gasteiger partial charge is 0.122 e. The average molecular weight is 402 g/mol. The van der Waals surface area contributed by atoms with Gasteiger partial charge in [-0.15, -0.1) is 11.8 Å². The minimum atomic E-state index is 0.163. The Morgan fingerprint density at radius 1 is 1.10 bits per heavy atom. The standard InChI is InChI=1S/C24H23N3OS/c1-28-21-10-9-16(14-17(21)15-29-22-8-4-5-12-25-22)23-24-19(11-13-26-23)18-6-2-3-7-20(18)27-24/h2-10,12,14,23,26-27H,11,13,15H2,1H3. The molecular weight excluding hydrogens is 378 g/mol. The molecule has 4 nitrogen and oxygen atoms in total. The summed E-state index contributed by atoms with van der Waals surface area (Å²) in [6.45, 7) is 0.976. The van der Waals surface area contributed by atoms with Gasteiger partial charge in [-0.3, -0.25) is 0 Å². The first-order valence-electron chi connectivity index (χ1n) is 9.87. The number of para-hydroxylation sites is 1. The lowest BCUT2D eigenvalue weighted by Gasteiger charge is -2.25. The van der Waals surface area contributed by atoms with Crippen molar-refractivity contribution in [3.63, 3.8) is 0 Å². The lowest BCUT2D eigenvalue weighted by atomic mass is 9.93. The van der Waals surface area contributed by atoms with Crippen LogP contribution in [-0.2, 0) is 12.2 Å². The van der Waals surface area contributed by atoms with Gasteiger partial charge in [0.1, 0.15) is 5.75 Å². The van der Waals surface area contributed by atoms with E-state index in [1.165, 1.54) is 33.3 Å². The van der Waals surface area contributed by atoms with Crippen LogP contribution in [0.5, 0.6) is 5.75 Å². The third-order valence-corrected chi connectivity index (χ3v) is 6.50. The van der Waals surface area contributed by atoms with E-state index in [1.807, 2.05) is 24.4 Å². The van der Waals surface area contributed by atoms with Crippen LogP contribution in [0.15, 0.2) is 71.9 Å². The molecule has 146 valence electrons. The van der Waals surface area contributed by atoms with Crippen LogP contribution in [0.25, 0.3) is 10.9 Å². The number of H-pyrrole nitrogens is 1. The third kappa shape index (κ3) is 3.52. The summed E-state index contributed by atoms with van der Waals surface area (Å²) in [6, 6.07) is 21.3. The maximum absolute atomic E-state index is 5.63. The number of hydrogen-bond donors (Lipinski definition) is 2. The number of methoxy groups -OCH3 is 1. The molecule has 0 saturated heterocycles. The van der Waals surface area contributed by atoms with Gasteiger partial charge in [0, 0.05) is 40.7 Å². The number of aromatic amines is 1. The molecule has 4 aromatic rings. The van der Waals surface area contributed by atoms with Crippen molar-refractivity contribution in [1.82, 2.24) is 15.3 Å². The molecule has 1 aliphatic rings. The van der Waals surface area contributed by atoms with Crippen molar-refractivity contribution in [3.8, 4) is 5.75 Å². The van der Waals surface area contributed by atoms with Gasteiger partial charge in [0.05, 0.1) is 18.2 Å². The van der Waals surface area contributed by atoms with Crippen molar-refractivity contribution >= 4 is 22.7 Å². The molecule has 5 rings (SSSR count). The van der Waals surface area contributed by atoms with E-state index in [0.717, 1.165) is 29.5 Å². The van der Waals surface area contributed by atoms with Crippen LogP contribution in [-0.4, -0.2) is 23.6 Å². The first-order valence-corrected chi connectivity index (χ1v) is 10.9. The number of fused-ring (bicyclic) bond motifs is 3. The van der Waals surface area contributed by atoms with Gasteiger partial charge in [0.2, 0.25) is 0 Å². The van der Waals surface area contributed by atoms with Crippen molar-refractivity contribution in [2.24, 2.45) is 0 Å². The summed E-state index contributed by atoms with van der Waals surface area (Å²) in [7, 11) is 1.73. The molecule has 5 heteroatoms. The number of aromatic nitrogens is 2. The summed E-state index contributed by atoms with van der Waals surface area (Å²) < 4.78 is 5.63. The fourth-order valence-corrected chi connectivity index (χ4v) is 4.98. The second kappa shape index (κ2) is 7.93. The molecule has 3 heterocycles. The Morgan fingerprint density at radius 2 is 2.00 bits per heavy atom. The van der Waals surface area contributed by atoms with Gasteiger partial charge in [0.15, 0.2) is 0 Å². The van der Waals surface area contributed by atoms with E-state index in [9.17, 15) is 0 Å². The zero-order valence-electron chi connectivity index (χ0n) is 16.3. The Labute approximate surface area is 174 Å². The zero-order chi connectivity index (χ0) is 19.6. The van der Waals surface area contributed by atoms with E-state index in [4.69, 9.17) is 4.74 Å². The highest BCUT2D eigenvalue weighted by Gasteiger charge is 2.25. The topological polar surface area (TPSA) is 49.9 Å². The number of nitrogens with zero attached hydrogens (tertiary/aromatic N) is 1. The maximum atomic E-state index is 5.63. The third-order valence-electron chi connectivity index (χ3n) is 5.51. The molecule has 2 N–H and O–H groups in total. The Hall–Kier alpha value is -2.76. The fourth-order valence-electron chi connectivity index (χ4n) is 4.14. The fraction of sp³-hybridized carbons (Fsp3) is 0.208. The molecule has 2 aromatic carbocycles. The highest BCUT2D eigenvalue weighted by Crippen LogP contribution is 2.36. The van der Waals surface area contributed by atoms with Crippen LogP contribution in [0.3, 0.4) is 0 Å². The molecular formula is C24H23N3OS. The molecule has 1 atom stereocenters. The number of benzene rings is 2. The summed E-state index contributed by atoms with van der Waals surface area (Å²) >= 11 is 1.73. The van der Waals surface area contributed by atoms with E-state index in [2.05, 4.69) is 57.7 Å². The SMILES string of the molecule is COc1ccc(C2NCCc3c2[nH]c2ccccc32)cc1CSc1ccccn1. The maximum Gasteiger partial charge on any atom is 0.122 e. The quantitative estimate of drug-likeness (QED) is 0.457. The van der Waals surface area contributed by atoms with Gasteiger partial charge < -0.3 is 15.0 Å². The Bertz CT molecular complexity index is 1140. The molecule has 1 aliphatic heterocycles. The minimum absolute atomic E-state index is 0.163. The molecule has 0 amide bonds. The van der Waals surface area contributed by atoms with Crippen LogP contribution in [0.2, 0.25) is 0 Å². The lowest BCUT2D eigenvalue weighted by molar-refractivity contribution is 0.411. The van der Waals surface area contributed by atoms with Crippen molar-refractivity contribution in [3.05, 3.63) is 89.2 Å². The van der Waals surface area contributed by atoms with Gasteiger partial charge >= 0.3 is 0 Å². The van der Waals surface area contributed by atoms with Gasteiger partial charge in [-0.25, -0.2) is 4.98 Å². The Morgan fingerprint density at radius 3 is 2.86 bits per heavy atom. The number of rotatable bonds is 5. The summed E-state index contributed by atoms with van der Waals surface area (Å²) in [5.41, 5.74) is 6.38. The number of pyridine rings is 1. The number of ether oxygens (including phenoxy) is 1. The molecule has 1 unspecified atom stereocenters. The van der Waals surface area contributed by atoms with Gasteiger partial charge in [0.25, 0.3) is 0 Å². The summed E-state index contributed by atoms with van der Waals surface area (Å²) in [5, 5.41) is 6.06. The monoisotopic (exact) mass is 401 g/mol. The predicted octanol–water partition coefficient (Wildman–Crippen LogP) is 5.10. The van der Waals surface area contributed by atoms with Gasteiger partial charge in [-0.2, -0.15) is 0 Å². The molecule has 0 saturated carbocycles. The second-order valence-corrected chi connectivity index (χ2v) is 8.22. The van der Waals surface area contributed by atoms with E-state index < -0.39 is 0 Å². The highest BCUT2D eigenvalue weighted by molar-refractivity contribution is 7.98. The Balaban J connectivity index is 1.49. The summed E-state index contributed by atoms with van der Waals surface area (Å²) in [4.78, 5) is 8.08. The second-order valence-electron chi connectivity index (χ2n) is 7.23. The van der Waals surface area contributed by atoms with E-state index in [-0.39, 0.29) is 6.04 Å². The highest BCUT2D eigenvalue weighted by atomic mass is 32.2. The predicted molar refractivity (Wildman–Crippen MR) is 119 cm³/mol. The molecule has 0 bridgehead atoms. The molecule has 0 spiro atoms. The van der Waals surface area contributed by atoms with Crippen LogP contribution < -0.4 is 10.1 Å². The van der Waals surface area contributed by atoms with Crippen LogP contribution in [0.1, 0.15) is 28.4 Å². The zero-order valence-corrected chi connectivity index (χ0v) is 17.1. The first-order chi connectivity index (χ1) is 14.3. The van der Waals surface area contributed by atoms with E-state index in [1.54, 1.807) is 18.9 Å². The largest absolute Gasteiger partial charge is 0.496 e. The number of thioether (sulfide) groups is 1. The van der Waals surface area contributed by atoms with Crippen LogP contribution in [0, 0.1) is 0 Å². The molecule has 2 aromatic heterocycles. The molecule has 0 fully saturated rings. The van der Waals surface area contributed by atoms with Crippen LogP contribution in [0.4, 0.5) is 0 Å².